The monoisotopic (exact) mass is 300 g/mol. The number of anilines is 1. The summed E-state index contributed by atoms with van der Waals surface area (Å²) in [4.78, 5) is 24.7. The molecule has 1 rings (SSSR count). The first-order valence-corrected chi connectivity index (χ1v) is 6.31. The van der Waals surface area contributed by atoms with Gasteiger partial charge in [0.1, 0.15) is 0 Å². The molecule has 0 aliphatic heterocycles. The summed E-state index contributed by atoms with van der Waals surface area (Å²) in [7, 11) is 5.12. The van der Waals surface area contributed by atoms with Gasteiger partial charge in [-0.25, -0.2) is 4.79 Å². The van der Waals surface area contributed by atoms with Gasteiger partial charge in [0.2, 0.25) is 0 Å². The highest BCUT2D eigenvalue weighted by Gasteiger charge is 2.12. The number of likely N-dealkylation sites (N-methyl/N-ethyl adjacent to an activating group) is 1. The van der Waals surface area contributed by atoms with E-state index < -0.39 is 4.92 Å². The van der Waals surface area contributed by atoms with Crippen LogP contribution in [0.4, 0.5) is 16.2 Å². The molecule has 0 saturated carbocycles. The molecule has 0 fully saturated rings. The van der Waals surface area contributed by atoms with E-state index in [1.54, 1.807) is 27.2 Å². The van der Waals surface area contributed by atoms with Crippen LogP contribution in [-0.2, 0) is 0 Å². The molecule has 8 heteroatoms. The van der Waals surface area contributed by atoms with Gasteiger partial charge in [-0.05, 0) is 6.07 Å². The van der Waals surface area contributed by atoms with E-state index in [-0.39, 0.29) is 11.7 Å². The van der Waals surface area contributed by atoms with Crippen LogP contribution < -0.4 is 10.2 Å². The summed E-state index contributed by atoms with van der Waals surface area (Å²) in [5.41, 5.74) is 0.629. The zero-order chi connectivity index (χ0) is 15.3. The number of carbonyl (C=O) groups excluding carboxylic acids is 1. The Morgan fingerprint density at radius 2 is 2.05 bits per heavy atom. The fourth-order valence-electron chi connectivity index (χ4n) is 1.53. The van der Waals surface area contributed by atoms with Crippen LogP contribution in [0.1, 0.15) is 0 Å². The zero-order valence-corrected chi connectivity index (χ0v) is 12.3. The topological polar surface area (TPSA) is 78.7 Å². The minimum Gasteiger partial charge on any atom is -0.372 e. The first kappa shape index (κ1) is 16.0. The lowest BCUT2D eigenvalue weighted by atomic mass is 10.2. The first-order chi connectivity index (χ1) is 9.32. The number of nitrogens with zero attached hydrogens (tertiary/aromatic N) is 3. The molecular weight excluding hydrogens is 284 g/mol. The van der Waals surface area contributed by atoms with Gasteiger partial charge in [-0.1, -0.05) is 11.6 Å². The highest BCUT2D eigenvalue weighted by molar-refractivity contribution is 6.33. The van der Waals surface area contributed by atoms with Gasteiger partial charge in [-0.15, -0.1) is 0 Å². The van der Waals surface area contributed by atoms with E-state index in [2.05, 4.69) is 5.32 Å². The van der Waals surface area contributed by atoms with Gasteiger partial charge in [0.15, 0.2) is 0 Å². The summed E-state index contributed by atoms with van der Waals surface area (Å²) in [5.74, 6) is 0. The van der Waals surface area contributed by atoms with Crippen molar-refractivity contribution < 1.29 is 9.72 Å². The molecule has 0 saturated heterocycles. The Labute approximate surface area is 122 Å². The molecule has 1 aromatic carbocycles. The van der Waals surface area contributed by atoms with Crippen molar-refractivity contribution in [2.45, 2.75) is 0 Å². The van der Waals surface area contributed by atoms with Crippen LogP contribution in [0.5, 0.6) is 0 Å². The fraction of sp³-hybridized carbons (Fsp3) is 0.417. The van der Waals surface area contributed by atoms with Crippen LogP contribution in [0.2, 0.25) is 5.02 Å². The van der Waals surface area contributed by atoms with Crippen molar-refractivity contribution in [2.75, 3.05) is 39.1 Å². The maximum Gasteiger partial charge on any atom is 0.316 e. The summed E-state index contributed by atoms with van der Waals surface area (Å²) in [5, 5.41) is 13.7. The van der Waals surface area contributed by atoms with E-state index in [4.69, 9.17) is 11.6 Å². The maximum atomic E-state index is 11.3. The van der Waals surface area contributed by atoms with E-state index >= 15 is 0 Å². The van der Waals surface area contributed by atoms with Crippen LogP contribution in [0.3, 0.4) is 0 Å². The van der Waals surface area contributed by atoms with Gasteiger partial charge in [0.05, 0.1) is 15.6 Å². The van der Waals surface area contributed by atoms with Crippen molar-refractivity contribution in [1.29, 1.82) is 0 Å². The molecule has 7 nitrogen and oxygen atoms in total. The minimum atomic E-state index is -0.493. The van der Waals surface area contributed by atoms with Gasteiger partial charge in [-0.2, -0.15) is 0 Å². The van der Waals surface area contributed by atoms with Crippen molar-refractivity contribution in [3.05, 3.63) is 33.3 Å². The number of nitrogens with one attached hydrogen (secondary N) is 1. The normalized spacial score (nSPS) is 10.0. The highest BCUT2D eigenvalue weighted by Crippen LogP contribution is 2.28. The second kappa shape index (κ2) is 6.95. The molecule has 0 unspecified atom stereocenters. The van der Waals surface area contributed by atoms with Gasteiger partial charge < -0.3 is 15.1 Å². The van der Waals surface area contributed by atoms with E-state index in [9.17, 15) is 14.9 Å². The first-order valence-electron chi connectivity index (χ1n) is 5.93. The van der Waals surface area contributed by atoms with Crippen molar-refractivity contribution in [2.24, 2.45) is 0 Å². The highest BCUT2D eigenvalue weighted by atomic mass is 35.5. The number of amides is 2. The molecule has 0 spiro atoms. The number of nitro benzene ring substituents is 1. The van der Waals surface area contributed by atoms with Crippen LogP contribution >= 0.6 is 11.6 Å². The van der Waals surface area contributed by atoms with Crippen molar-refractivity contribution in [3.63, 3.8) is 0 Å². The molecule has 0 bridgehead atoms. The van der Waals surface area contributed by atoms with E-state index in [0.717, 1.165) is 0 Å². The number of non-ortho nitro benzene ring substituents is 1. The molecule has 0 aromatic heterocycles. The molecule has 1 N–H and O–H groups in total. The van der Waals surface area contributed by atoms with Crippen molar-refractivity contribution in [3.8, 4) is 0 Å². The molecule has 0 radical (unpaired) electrons. The van der Waals surface area contributed by atoms with Gasteiger partial charge in [0.25, 0.3) is 5.69 Å². The summed E-state index contributed by atoms with van der Waals surface area (Å²) < 4.78 is 0. The van der Waals surface area contributed by atoms with Crippen LogP contribution in [0, 0.1) is 10.1 Å². The number of hydrogen-bond acceptors (Lipinski definition) is 4. The molecule has 2 amide bonds. The van der Waals surface area contributed by atoms with Crippen LogP contribution in [0.15, 0.2) is 18.2 Å². The van der Waals surface area contributed by atoms with E-state index in [0.29, 0.717) is 23.8 Å². The van der Waals surface area contributed by atoms with Crippen LogP contribution in [-0.4, -0.2) is 50.1 Å². The Bertz CT molecular complexity index is 507. The third kappa shape index (κ3) is 4.27. The Morgan fingerprint density at radius 3 is 2.55 bits per heavy atom. The minimum absolute atomic E-state index is 0.0481. The number of benzene rings is 1. The lowest BCUT2D eigenvalue weighted by Gasteiger charge is -2.21. The molecule has 20 heavy (non-hydrogen) atoms. The third-order valence-electron chi connectivity index (χ3n) is 2.68. The van der Waals surface area contributed by atoms with Gasteiger partial charge in [0, 0.05) is 46.4 Å². The average Bonchev–Trinajstić information content (AvgIpc) is 2.37. The Kier molecular flexibility index (Phi) is 5.57. The standard InChI is InChI=1S/C12H17ClN4O3/c1-15(2)12(18)14-6-7-16(3)11-5-4-9(17(19)20)8-10(11)13/h4-5,8H,6-7H2,1-3H3,(H,14,18). The molecule has 0 aliphatic carbocycles. The summed E-state index contributed by atoms with van der Waals surface area (Å²) in [6, 6.07) is 4.13. The third-order valence-corrected chi connectivity index (χ3v) is 2.99. The number of halogens is 1. The summed E-state index contributed by atoms with van der Waals surface area (Å²) in [6.45, 7) is 0.984. The second-order valence-electron chi connectivity index (χ2n) is 4.44. The fourth-order valence-corrected chi connectivity index (χ4v) is 1.85. The van der Waals surface area contributed by atoms with Crippen LogP contribution in [0.25, 0.3) is 0 Å². The molecule has 0 heterocycles. The number of carbonyl (C=O) groups is 1. The largest absolute Gasteiger partial charge is 0.372 e. The zero-order valence-electron chi connectivity index (χ0n) is 11.6. The SMILES string of the molecule is CN(C)C(=O)NCCN(C)c1ccc([N+](=O)[O-])cc1Cl. The molecule has 110 valence electrons. The molecular formula is C12H17ClN4O3. The Hall–Kier alpha value is -2.02. The number of urea groups is 1. The number of hydrogen-bond donors (Lipinski definition) is 1. The van der Waals surface area contributed by atoms with Crippen molar-refractivity contribution >= 4 is 29.0 Å². The predicted molar refractivity (Wildman–Crippen MR) is 78.5 cm³/mol. The molecule has 0 aliphatic rings. The van der Waals surface area contributed by atoms with Gasteiger partial charge >= 0.3 is 6.03 Å². The maximum absolute atomic E-state index is 11.3. The molecule has 1 aromatic rings. The lowest BCUT2D eigenvalue weighted by molar-refractivity contribution is -0.384. The predicted octanol–water partition coefficient (Wildman–Crippen LogP) is 1.96. The van der Waals surface area contributed by atoms with Gasteiger partial charge in [-0.3, -0.25) is 10.1 Å². The smallest absolute Gasteiger partial charge is 0.316 e. The Balaban J connectivity index is 2.62. The van der Waals surface area contributed by atoms with E-state index in [1.165, 1.54) is 17.0 Å². The van der Waals surface area contributed by atoms with Crippen molar-refractivity contribution in [1.82, 2.24) is 10.2 Å². The number of rotatable bonds is 5. The summed E-state index contributed by atoms with van der Waals surface area (Å²) >= 11 is 6.02. The quantitative estimate of drug-likeness (QED) is 0.666. The second-order valence-corrected chi connectivity index (χ2v) is 4.85. The average molecular weight is 301 g/mol. The van der Waals surface area contributed by atoms with E-state index in [1.807, 2.05) is 4.90 Å². The molecule has 0 atom stereocenters. The Morgan fingerprint density at radius 1 is 1.40 bits per heavy atom. The summed E-state index contributed by atoms with van der Waals surface area (Å²) in [6.07, 6.45) is 0. The number of nitro groups is 1. The lowest BCUT2D eigenvalue weighted by Crippen LogP contribution is -2.39.